The number of halogens is 4. The zero-order valence-corrected chi connectivity index (χ0v) is 21.4. The second-order valence-corrected chi connectivity index (χ2v) is 9.31. The normalized spacial score (nSPS) is 11.7. The fourth-order valence-corrected chi connectivity index (χ4v) is 4.40. The van der Waals surface area contributed by atoms with Gasteiger partial charge in [0.15, 0.2) is 0 Å². The van der Waals surface area contributed by atoms with Crippen molar-refractivity contribution in [1.82, 2.24) is 0 Å². The Morgan fingerprint density at radius 1 is 0.735 bits per heavy atom. The lowest BCUT2D eigenvalue weighted by molar-refractivity contribution is 0.795. The number of nitrogens with zero attached hydrogens (tertiary/aromatic N) is 2. The van der Waals surface area contributed by atoms with Gasteiger partial charge in [0.2, 0.25) is 0 Å². The number of unbranched alkanes of at least 4 members (excludes halogenated alkanes) is 1. The molecule has 0 unspecified atom stereocenters. The summed E-state index contributed by atoms with van der Waals surface area (Å²) in [5.74, 6) is 0. The van der Waals surface area contributed by atoms with Crippen molar-refractivity contribution < 1.29 is 0 Å². The van der Waals surface area contributed by atoms with Gasteiger partial charge in [-0.3, -0.25) is 0 Å². The molecule has 3 aromatic rings. The summed E-state index contributed by atoms with van der Waals surface area (Å²) in [6, 6.07) is 20.4. The van der Waals surface area contributed by atoms with Crippen molar-refractivity contribution in [1.29, 1.82) is 10.5 Å². The molecule has 3 aromatic carbocycles. The topological polar surface area (TPSA) is 47.6 Å². The van der Waals surface area contributed by atoms with E-state index in [4.69, 9.17) is 46.4 Å². The predicted octanol–water partition coefficient (Wildman–Crippen LogP) is 9.77. The van der Waals surface area contributed by atoms with E-state index in [2.05, 4.69) is 19.1 Å². The Hall–Kier alpha value is -2.72. The molecule has 3 rings (SSSR count). The van der Waals surface area contributed by atoms with Gasteiger partial charge in [0, 0.05) is 20.1 Å². The van der Waals surface area contributed by atoms with Crippen LogP contribution in [-0.2, 0) is 6.42 Å². The highest BCUT2D eigenvalue weighted by molar-refractivity contribution is 6.36. The van der Waals surface area contributed by atoms with E-state index < -0.39 is 0 Å². The Bertz CT molecular complexity index is 1340. The molecule has 6 heteroatoms. The van der Waals surface area contributed by atoms with E-state index in [9.17, 15) is 10.5 Å². The van der Waals surface area contributed by atoms with E-state index in [1.165, 1.54) is 0 Å². The average Bonchev–Trinajstić information content (AvgIpc) is 2.83. The first-order valence-corrected chi connectivity index (χ1v) is 12.1. The zero-order valence-electron chi connectivity index (χ0n) is 18.4. The summed E-state index contributed by atoms with van der Waals surface area (Å²) < 4.78 is 0. The van der Waals surface area contributed by atoms with Crippen molar-refractivity contribution in [2.45, 2.75) is 26.2 Å². The Labute approximate surface area is 220 Å². The van der Waals surface area contributed by atoms with Crippen LogP contribution in [0, 0.1) is 22.7 Å². The van der Waals surface area contributed by atoms with Gasteiger partial charge in [-0.2, -0.15) is 10.5 Å². The van der Waals surface area contributed by atoms with Crippen molar-refractivity contribution in [3.05, 3.63) is 103 Å². The SMILES string of the molecule is CCCCc1cc(/C=C(\C#N)c2ccc(/C(C#N)=C/c3ccc(Cl)cc3Cl)cc2)c(Cl)cc1Cl. The molecule has 0 spiro atoms. The second-order valence-electron chi connectivity index (χ2n) is 7.65. The van der Waals surface area contributed by atoms with Crippen LogP contribution < -0.4 is 0 Å². The van der Waals surface area contributed by atoms with Crippen LogP contribution in [-0.4, -0.2) is 0 Å². The van der Waals surface area contributed by atoms with E-state index >= 15 is 0 Å². The monoisotopic (exact) mass is 524 g/mol. The number of aryl methyl sites for hydroxylation is 1. The van der Waals surface area contributed by atoms with Crippen molar-refractivity contribution in [2.24, 2.45) is 0 Å². The first kappa shape index (κ1) is 25.9. The van der Waals surface area contributed by atoms with Crippen molar-refractivity contribution in [3.63, 3.8) is 0 Å². The number of rotatable bonds is 7. The van der Waals surface area contributed by atoms with Gasteiger partial charge in [0.25, 0.3) is 0 Å². The number of hydrogen-bond donors (Lipinski definition) is 0. The standard InChI is InChI=1S/C28H20Cl4N2/c1-2-3-4-20-11-22(28(32)15-27(20)31)13-24(17-34)19-7-5-18(6-8-19)23(16-33)12-21-9-10-25(29)14-26(21)30/h5-15H,2-4H2,1H3/b23-12+,24-13+. The largest absolute Gasteiger partial charge is 0.192 e. The molecule has 170 valence electrons. The minimum Gasteiger partial charge on any atom is -0.192 e. The molecule has 0 fully saturated rings. The quantitative estimate of drug-likeness (QED) is 0.227. The van der Waals surface area contributed by atoms with E-state index in [1.807, 2.05) is 6.07 Å². The number of hydrogen-bond acceptors (Lipinski definition) is 2. The first-order chi connectivity index (χ1) is 16.4. The van der Waals surface area contributed by atoms with Crippen molar-refractivity contribution >= 4 is 69.7 Å². The third-order valence-electron chi connectivity index (χ3n) is 5.28. The molecule has 0 heterocycles. The molecular formula is C28H20Cl4N2. The lowest BCUT2D eigenvalue weighted by Gasteiger charge is -2.09. The van der Waals surface area contributed by atoms with Gasteiger partial charge in [-0.25, -0.2) is 0 Å². The van der Waals surface area contributed by atoms with Crippen LogP contribution in [0.2, 0.25) is 20.1 Å². The minimum absolute atomic E-state index is 0.444. The minimum atomic E-state index is 0.444. The number of nitriles is 2. The molecule has 34 heavy (non-hydrogen) atoms. The molecule has 0 aliphatic rings. The lowest BCUT2D eigenvalue weighted by Crippen LogP contribution is -1.90. The predicted molar refractivity (Wildman–Crippen MR) is 145 cm³/mol. The number of benzene rings is 3. The Morgan fingerprint density at radius 3 is 1.82 bits per heavy atom. The highest BCUT2D eigenvalue weighted by Gasteiger charge is 2.10. The Morgan fingerprint density at radius 2 is 1.29 bits per heavy atom. The maximum Gasteiger partial charge on any atom is 0.0998 e. The highest BCUT2D eigenvalue weighted by atomic mass is 35.5. The summed E-state index contributed by atoms with van der Waals surface area (Å²) >= 11 is 24.9. The van der Waals surface area contributed by atoms with Gasteiger partial charge in [-0.15, -0.1) is 0 Å². The van der Waals surface area contributed by atoms with Crippen LogP contribution >= 0.6 is 46.4 Å². The van der Waals surface area contributed by atoms with Gasteiger partial charge >= 0.3 is 0 Å². The third kappa shape index (κ3) is 6.44. The van der Waals surface area contributed by atoms with Crippen LogP contribution in [0.3, 0.4) is 0 Å². The van der Waals surface area contributed by atoms with Crippen LogP contribution in [0.25, 0.3) is 23.3 Å². The summed E-state index contributed by atoms with van der Waals surface area (Å²) in [5, 5.41) is 21.6. The maximum absolute atomic E-state index is 9.79. The van der Waals surface area contributed by atoms with Gasteiger partial charge in [-0.05, 0) is 77.1 Å². The molecule has 0 bridgehead atoms. The zero-order chi connectivity index (χ0) is 24.7. The molecule has 0 amide bonds. The van der Waals surface area contributed by atoms with E-state index in [0.717, 1.165) is 30.4 Å². The van der Waals surface area contributed by atoms with Gasteiger partial charge in [0.1, 0.15) is 0 Å². The Balaban J connectivity index is 1.94. The fraction of sp³-hybridized carbons (Fsp3) is 0.143. The highest BCUT2D eigenvalue weighted by Crippen LogP contribution is 2.31. The number of allylic oxidation sites excluding steroid dienone is 2. The van der Waals surface area contributed by atoms with Crippen LogP contribution in [0.4, 0.5) is 0 Å². The van der Waals surface area contributed by atoms with Gasteiger partial charge < -0.3 is 0 Å². The lowest BCUT2D eigenvalue weighted by atomic mass is 9.98. The Kier molecular flexibility index (Phi) is 9.23. The molecule has 0 aliphatic heterocycles. The van der Waals surface area contributed by atoms with Gasteiger partial charge in [-0.1, -0.05) is 90.1 Å². The molecule has 2 nitrogen and oxygen atoms in total. The van der Waals surface area contributed by atoms with Crippen molar-refractivity contribution in [2.75, 3.05) is 0 Å². The summed E-state index contributed by atoms with van der Waals surface area (Å²) in [6.45, 7) is 2.12. The summed E-state index contributed by atoms with van der Waals surface area (Å²) in [4.78, 5) is 0. The van der Waals surface area contributed by atoms with Crippen LogP contribution in [0.5, 0.6) is 0 Å². The van der Waals surface area contributed by atoms with Gasteiger partial charge in [0.05, 0.1) is 23.3 Å². The molecule has 0 aromatic heterocycles. The molecule has 0 saturated carbocycles. The molecular weight excluding hydrogens is 506 g/mol. The van der Waals surface area contributed by atoms with Crippen LogP contribution in [0.15, 0.2) is 54.6 Å². The maximum atomic E-state index is 9.79. The smallest absolute Gasteiger partial charge is 0.0998 e. The molecule has 0 N–H and O–H groups in total. The van der Waals surface area contributed by atoms with E-state index in [1.54, 1.807) is 60.7 Å². The summed E-state index contributed by atoms with van der Waals surface area (Å²) in [7, 11) is 0. The molecule has 0 saturated heterocycles. The molecule has 0 atom stereocenters. The van der Waals surface area contributed by atoms with Crippen molar-refractivity contribution in [3.8, 4) is 12.1 Å². The second kappa shape index (κ2) is 12.1. The first-order valence-electron chi connectivity index (χ1n) is 10.6. The van der Waals surface area contributed by atoms with E-state index in [-0.39, 0.29) is 0 Å². The van der Waals surface area contributed by atoms with E-state index in [0.29, 0.717) is 47.9 Å². The summed E-state index contributed by atoms with van der Waals surface area (Å²) in [5.41, 5.74) is 4.78. The summed E-state index contributed by atoms with van der Waals surface area (Å²) in [6.07, 6.45) is 6.40. The molecule has 0 aliphatic carbocycles. The molecule has 0 radical (unpaired) electrons. The average molecular weight is 526 g/mol. The van der Waals surface area contributed by atoms with Crippen LogP contribution in [0.1, 0.15) is 47.6 Å². The fourth-order valence-electron chi connectivity index (χ4n) is 3.40. The third-order valence-corrected chi connectivity index (χ3v) is 6.52.